The second-order valence-electron chi connectivity index (χ2n) is 3.32. The molecule has 0 N–H and O–H groups in total. The van der Waals surface area contributed by atoms with Crippen molar-refractivity contribution in [1.29, 1.82) is 0 Å². The first-order valence-electron chi connectivity index (χ1n) is 4.56. The first-order chi connectivity index (χ1) is 7.04. The molecule has 84 valence electrons. The molecule has 1 atom stereocenters. The molecule has 15 heavy (non-hydrogen) atoms. The lowest BCUT2D eigenvalue weighted by Gasteiger charge is -2.17. The Morgan fingerprint density at radius 3 is 2.87 bits per heavy atom. The van der Waals surface area contributed by atoms with Gasteiger partial charge in [0, 0.05) is 30.4 Å². The molecule has 0 fully saturated rings. The number of methoxy groups -OCH3 is 1. The SMILES string of the molecule is COc1csc(C(=O)N(C)CC(C)Cl)c1. The van der Waals surface area contributed by atoms with Crippen molar-refractivity contribution in [3.63, 3.8) is 0 Å². The number of halogens is 1. The lowest BCUT2D eigenvalue weighted by Crippen LogP contribution is -2.30. The van der Waals surface area contributed by atoms with Crippen molar-refractivity contribution in [3.05, 3.63) is 16.3 Å². The fraction of sp³-hybridized carbons (Fsp3) is 0.500. The molecule has 1 heterocycles. The quantitative estimate of drug-likeness (QED) is 0.765. The van der Waals surface area contributed by atoms with Gasteiger partial charge in [-0.3, -0.25) is 4.79 Å². The summed E-state index contributed by atoms with van der Waals surface area (Å²) < 4.78 is 5.02. The Morgan fingerprint density at radius 1 is 1.73 bits per heavy atom. The molecule has 1 unspecified atom stereocenters. The third-order valence-corrected chi connectivity index (χ3v) is 2.93. The summed E-state index contributed by atoms with van der Waals surface area (Å²) in [6, 6.07) is 1.74. The third kappa shape index (κ3) is 3.39. The zero-order valence-corrected chi connectivity index (χ0v) is 10.6. The molecule has 0 aromatic carbocycles. The van der Waals surface area contributed by atoms with Gasteiger partial charge >= 0.3 is 0 Å². The molecular formula is C10H14ClNO2S. The highest BCUT2D eigenvalue weighted by Gasteiger charge is 2.15. The van der Waals surface area contributed by atoms with Crippen molar-refractivity contribution in [2.24, 2.45) is 0 Å². The molecule has 0 aliphatic heterocycles. The molecule has 0 aliphatic rings. The number of ether oxygens (including phenoxy) is 1. The van der Waals surface area contributed by atoms with Crippen molar-refractivity contribution >= 4 is 28.8 Å². The van der Waals surface area contributed by atoms with E-state index in [2.05, 4.69) is 0 Å². The predicted octanol–water partition coefficient (Wildman–Crippen LogP) is 2.46. The predicted molar refractivity (Wildman–Crippen MR) is 63.1 cm³/mol. The minimum Gasteiger partial charge on any atom is -0.496 e. The van der Waals surface area contributed by atoms with E-state index in [-0.39, 0.29) is 11.3 Å². The van der Waals surface area contributed by atoms with Gasteiger partial charge in [0.2, 0.25) is 0 Å². The van der Waals surface area contributed by atoms with Crippen molar-refractivity contribution < 1.29 is 9.53 Å². The molecule has 0 saturated heterocycles. The van der Waals surface area contributed by atoms with Gasteiger partial charge in [-0.2, -0.15) is 0 Å². The van der Waals surface area contributed by atoms with E-state index in [1.807, 2.05) is 12.3 Å². The van der Waals surface area contributed by atoms with Crippen molar-refractivity contribution in [3.8, 4) is 5.75 Å². The minimum atomic E-state index is -0.0409. The number of carbonyl (C=O) groups excluding carboxylic acids is 1. The van der Waals surface area contributed by atoms with E-state index in [0.29, 0.717) is 11.4 Å². The summed E-state index contributed by atoms with van der Waals surface area (Å²) in [6.07, 6.45) is 0. The standard InChI is InChI=1S/C10H14ClNO2S/c1-7(11)5-12(2)10(13)9-4-8(14-3)6-15-9/h4,6-7H,5H2,1-3H3. The van der Waals surface area contributed by atoms with Crippen molar-refractivity contribution in [2.75, 3.05) is 20.7 Å². The largest absolute Gasteiger partial charge is 0.496 e. The van der Waals surface area contributed by atoms with Crippen molar-refractivity contribution in [2.45, 2.75) is 12.3 Å². The lowest BCUT2D eigenvalue weighted by atomic mass is 10.3. The van der Waals surface area contributed by atoms with Crippen LogP contribution in [0.3, 0.4) is 0 Å². The number of hydrogen-bond acceptors (Lipinski definition) is 3. The molecule has 3 nitrogen and oxygen atoms in total. The second-order valence-corrected chi connectivity index (χ2v) is 4.97. The van der Waals surface area contributed by atoms with Crippen LogP contribution in [0.15, 0.2) is 11.4 Å². The van der Waals surface area contributed by atoms with Gasteiger partial charge in [0.1, 0.15) is 5.75 Å². The summed E-state index contributed by atoms with van der Waals surface area (Å²) in [5.74, 6) is 0.700. The number of hydrogen-bond donors (Lipinski definition) is 0. The van der Waals surface area contributed by atoms with Crippen LogP contribution in [-0.4, -0.2) is 36.9 Å². The number of rotatable bonds is 4. The molecule has 0 radical (unpaired) electrons. The first kappa shape index (κ1) is 12.3. The van der Waals surface area contributed by atoms with E-state index in [0.717, 1.165) is 5.75 Å². The number of thiophene rings is 1. The summed E-state index contributed by atoms with van der Waals surface area (Å²) in [5.41, 5.74) is 0. The van der Waals surface area contributed by atoms with Gasteiger partial charge < -0.3 is 9.64 Å². The number of carbonyl (C=O) groups is 1. The Hall–Kier alpha value is -0.740. The fourth-order valence-electron chi connectivity index (χ4n) is 1.19. The Morgan fingerprint density at radius 2 is 2.40 bits per heavy atom. The van der Waals surface area contributed by atoms with Gasteiger partial charge in [-0.1, -0.05) is 0 Å². The van der Waals surface area contributed by atoms with Crippen LogP contribution in [-0.2, 0) is 0 Å². The number of nitrogens with zero attached hydrogens (tertiary/aromatic N) is 1. The summed E-state index contributed by atoms with van der Waals surface area (Å²) in [6.45, 7) is 2.40. The lowest BCUT2D eigenvalue weighted by molar-refractivity contribution is 0.0800. The van der Waals surface area contributed by atoms with E-state index in [9.17, 15) is 4.79 Å². The Kier molecular flexibility index (Phi) is 4.42. The van der Waals surface area contributed by atoms with Crippen LogP contribution in [0.4, 0.5) is 0 Å². The van der Waals surface area contributed by atoms with Crippen LogP contribution in [0.2, 0.25) is 0 Å². The highest BCUT2D eigenvalue weighted by Crippen LogP contribution is 2.22. The molecule has 0 bridgehead atoms. The monoisotopic (exact) mass is 247 g/mol. The van der Waals surface area contributed by atoms with Gasteiger partial charge in [0.15, 0.2) is 0 Å². The van der Waals surface area contributed by atoms with Gasteiger partial charge in [-0.05, 0) is 6.92 Å². The summed E-state index contributed by atoms with van der Waals surface area (Å²) in [7, 11) is 3.33. The van der Waals surface area contributed by atoms with E-state index < -0.39 is 0 Å². The molecule has 1 aromatic heterocycles. The average molecular weight is 248 g/mol. The molecule has 0 aliphatic carbocycles. The Bertz CT molecular complexity index is 338. The van der Waals surface area contributed by atoms with E-state index in [1.165, 1.54) is 11.3 Å². The molecule has 1 rings (SSSR count). The zero-order chi connectivity index (χ0) is 11.4. The van der Waals surface area contributed by atoms with Gasteiger partial charge in [-0.15, -0.1) is 22.9 Å². The normalized spacial score (nSPS) is 12.3. The highest BCUT2D eigenvalue weighted by atomic mass is 35.5. The highest BCUT2D eigenvalue weighted by molar-refractivity contribution is 7.12. The molecule has 0 saturated carbocycles. The maximum Gasteiger partial charge on any atom is 0.263 e. The van der Waals surface area contributed by atoms with Crippen LogP contribution < -0.4 is 4.74 Å². The van der Waals surface area contributed by atoms with E-state index in [4.69, 9.17) is 16.3 Å². The van der Waals surface area contributed by atoms with Crippen molar-refractivity contribution in [1.82, 2.24) is 4.90 Å². The smallest absolute Gasteiger partial charge is 0.263 e. The summed E-state index contributed by atoms with van der Waals surface area (Å²) >= 11 is 7.20. The Balaban J connectivity index is 2.67. The molecular weight excluding hydrogens is 234 g/mol. The Labute approximate surface area is 98.6 Å². The summed E-state index contributed by atoms with van der Waals surface area (Å²) in [4.78, 5) is 14.1. The maximum atomic E-state index is 11.8. The topological polar surface area (TPSA) is 29.5 Å². The van der Waals surface area contributed by atoms with Crippen LogP contribution in [0.25, 0.3) is 0 Å². The molecule has 0 spiro atoms. The fourth-order valence-corrected chi connectivity index (χ4v) is 2.24. The van der Waals surface area contributed by atoms with E-state index >= 15 is 0 Å². The van der Waals surface area contributed by atoms with Crippen LogP contribution in [0.1, 0.15) is 16.6 Å². The van der Waals surface area contributed by atoms with Gasteiger partial charge in [0.05, 0.1) is 12.0 Å². The van der Waals surface area contributed by atoms with Crippen LogP contribution in [0, 0.1) is 0 Å². The third-order valence-electron chi connectivity index (χ3n) is 1.89. The maximum absolute atomic E-state index is 11.8. The van der Waals surface area contributed by atoms with Gasteiger partial charge in [-0.25, -0.2) is 0 Å². The molecule has 5 heteroatoms. The second kappa shape index (κ2) is 5.37. The average Bonchev–Trinajstić information content (AvgIpc) is 2.63. The zero-order valence-electron chi connectivity index (χ0n) is 8.99. The minimum absolute atomic E-state index is 0.0178. The summed E-state index contributed by atoms with van der Waals surface area (Å²) in [5, 5.41) is 1.77. The number of alkyl halides is 1. The molecule has 1 amide bonds. The van der Waals surface area contributed by atoms with Crippen LogP contribution in [0.5, 0.6) is 5.75 Å². The van der Waals surface area contributed by atoms with E-state index in [1.54, 1.807) is 25.1 Å². The first-order valence-corrected chi connectivity index (χ1v) is 5.88. The van der Waals surface area contributed by atoms with Gasteiger partial charge in [0.25, 0.3) is 5.91 Å². The molecule has 1 aromatic rings. The van der Waals surface area contributed by atoms with Crippen LogP contribution >= 0.6 is 22.9 Å². The number of amides is 1.